The van der Waals surface area contributed by atoms with E-state index in [0.29, 0.717) is 6.42 Å². The molecule has 0 unspecified atom stereocenters. The second kappa shape index (κ2) is 6.00. The maximum absolute atomic E-state index is 11.6. The van der Waals surface area contributed by atoms with Crippen molar-refractivity contribution in [3.63, 3.8) is 0 Å². The molecule has 5 nitrogen and oxygen atoms in total. The van der Waals surface area contributed by atoms with Crippen molar-refractivity contribution in [2.24, 2.45) is 5.73 Å². The molecule has 5 heteroatoms. The van der Waals surface area contributed by atoms with Crippen LogP contribution in [-0.4, -0.2) is 29.1 Å². The van der Waals surface area contributed by atoms with Gasteiger partial charge in [-0.1, -0.05) is 30.3 Å². The Morgan fingerprint density at radius 2 is 1.94 bits per heavy atom. The number of carbonyl (C=O) groups is 2. The quantitative estimate of drug-likeness (QED) is 0.678. The van der Waals surface area contributed by atoms with Crippen molar-refractivity contribution in [3.8, 4) is 0 Å². The summed E-state index contributed by atoms with van der Waals surface area (Å²) in [6.07, 6.45) is 0.388. The summed E-state index contributed by atoms with van der Waals surface area (Å²) >= 11 is 0. The fourth-order valence-corrected chi connectivity index (χ4v) is 1.34. The molecular weight excluding hydrogens is 220 g/mol. The topological polar surface area (TPSA) is 92.4 Å². The molecule has 0 saturated heterocycles. The highest BCUT2D eigenvalue weighted by molar-refractivity contribution is 5.86. The van der Waals surface area contributed by atoms with Crippen LogP contribution in [0.3, 0.4) is 0 Å². The van der Waals surface area contributed by atoms with Crippen LogP contribution in [0.25, 0.3) is 0 Å². The molecule has 1 amide bonds. The van der Waals surface area contributed by atoms with E-state index in [9.17, 15) is 9.59 Å². The van der Waals surface area contributed by atoms with E-state index < -0.39 is 24.0 Å². The molecule has 0 spiro atoms. The van der Waals surface area contributed by atoms with Gasteiger partial charge in [-0.05, 0) is 18.9 Å². The number of rotatable bonds is 5. The van der Waals surface area contributed by atoms with Crippen molar-refractivity contribution in [2.45, 2.75) is 25.4 Å². The number of nitrogens with one attached hydrogen (secondary N) is 1. The largest absolute Gasteiger partial charge is 0.480 e. The molecule has 17 heavy (non-hydrogen) atoms. The van der Waals surface area contributed by atoms with Gasteiger partial charge in [-0.3, -0.25) is 9.59 Å². The second-order valence-corrected chi connectivity index (χ2v) is 3.86. The fraction of sp³-hybridized carbons (Fsp3) is 0.333. The Labute approximate surface area is 99.6 Å². The van der Waals surface area contributed by atoms with E-state index in [1.807, 2.05) is 30.3 Å². The summed E-state index contributed by atoms with van der Waals surface area (Å²) in [5.41, 5.74) is 6.64. The Morgan fingerprint density at radius 3 is 2.47 bits per heavy atom. The lowest BCUT2D eigenvalue weighted by Crippen LogP contribution is -2.47. The summed E-state index contributed by atoms with van der Waals surface area (Å²) in [6.45, 7) is 1.40. The molecule has 0 radical (unpaired) electrons. The number of carbonyl (C=O) groups excluding carboxylic acids is 1. The molecule has 0 aliphatic heterocycles. The standard InChI is InChI=1S/C12H16N2O3/c1-8(12(16)17)14-11(15)10(13)7-9-5-3-2-4-6-9/h2-6,8,10H,7,13H2,1H3,(H,14,15)(H,16,17)/t8-,10+/m0/s1. The van der Waals surface area contributed by atoms with Gasteiger partial charge in [0.05, 0.1) is 6.04 Å². The summed E-state index contributed by atoms with van der Waals surface area (Å²) in [6, 6.07) is 7.67. The van der Waals surface area contributed by atoms with Crippen LogP contribution in [0.2, 0.25) is 0 Å². The maximum Gasteiger partial charge on any atom is 0.325 e. The predicted molar refractivity (Wildman–Crippen MR) is 63.4 cm³/mol. The molecule has 0 aliphatic carbocycles. The summed E-state index contributed by atoms with van der Waals surface area (Å²) in [5, 5.41) is 11.0. The van der Waals surface area contributed by atoms with E-state index in [-0.39, 0.29) is 0 Å². The third-order valence-corrected chi connectivity index (χ3v) is 2.36. The van der Waals surface area contributed by atoms with Crippen molar-refractivity contribution >= 4 is 11.9 Å². The number of hydrogen-bond acceptors (Lipinski definition) is 3. The van der Waals surface area contributed by atoms with Crippen molar-refractivity contribution in [2.75, 3.05) is 0 Å². The molecule has 0 saturated carbocycles. The molecule has 4 N–H and O–H groups in total. The molecule has 1 aromatic rings. The Kier molecular flexibility index (Phi) is 4.66. The lowest BCUT2D eigenvalue weighted by Gasteiger charge is -2.14. The van der Waals surface area contributed by atoms with Gasteiger partial charge >= 0.3 is 5.97 Å². The molecule has 1 aromatic carbocycles. The van der Waals surface area contributed by atoms with Gasteiger partial charge < -0.3 is 16.2 Å². The number of carboxylic acid groups (broad SMARTS) is 1. The third-order valence-electron chi connectivity index (χ3n) is 2.36. The third kappa shape index (κ3) is 4.24. The van der Waals surface area contributed by atoms with Crippen LogP contribution in [0.1, 0.15) is 12.5 Å². The molecule has 0 aromatic heterocycles. The van der Waals surface area contributed by atoms with Crippen LogP contribution in [0.15, 0.2) is 30.3 Å². The molecule has 0 aliphatic rings. The predicted octanol–water partition coefficient (Wildman–Crippen LogP) is 0.146. The lowest BCUT2D eigenvalue weighted by atomic mass is 10.1. The average molecular weight is 236 g/mol. The smallest absolute Gasteiger partial charge is 0.325 e. The number of benzene rings is 1. The number of amides is 1. The maximum atomic E-state index is 11.6. The summed E-state index contributed by atoms with van der Waals surface area (Å²) in [7, 11) is 0. The van der Waals surface area contributed by atoms with Crippen molar-refractivity contribution < 1.29 is 14.7 Å². The van der Waals surface area contributed by atoms with Gasteiger partial charge in [0.15, 0.2) is 0 Å². The summed E-state index contributed by atoms with van der Waals surface area (Å²) < 4.78 is 0. The minimum absolute atomic E-state index is 0.388. The lowest BCUT2D eigenvalue weighted by molar-refractivity contribution is -0.141. The van der Waals surface area contributed by atoms with Gasteiger partial charge in [0, 0.05) is 0 Å². The first-order chi connectivity index (χ1) is 8.00. The zero-order chi connectivity index (χ0) is 12.8. The summed E-state index contributed by atoms with van der Waals surface area (Å²) in [4.78, 5) is 22.1. The van der Waals surface area contributed by atoms with Crippen molar-refractivity contribution in [1.82, 2.24) is 5.32 Å². The Bertz CT molecular complexity index is 392. The normalized spacial score (nSPS) is 13.8. The van der Waals surface area contributed by atoms with Gasteiger partial charge in [-0.15, -0.1) is 0 Å². The Hall–Kier alpha value is -1.88. The molecular formula is C12H16N2O3. The molecule has 0 fully saturated rings. The fourth-order valence-electron chi connectivity index (χ4n) is 1.34. The molecule has 0 heterocycles. The van der Waals surface area contributed by atoms with E-state index in [4.69, 9.17) is 10.8 Å². The van der Waals surface area contributed by atoms with E-state index in [2.05, 4.69) is 5.32 Å². The van der Waals surface area contributed by atoms with Crippen LogP contribution < -0.4 is 11.1 Å². The van der Waals surface area contributed by atoms with Gasteiger partial charge in [0.1, 0.15) is 6.04 Å². The zero-order valence-electron chi connectivity index (χ0n) is 9.59. The van der Waals surface area contributed by atoms with Gasteiger partial charge in [-0.2, -0.15) is 0 Å². The van der Waals surface area contributed by atoms with Crippen LogP contribution in [0, 0.1) is 0 Å². The molecule has 0 bridgehead atoms. The first-order valence-corrected chi connectivity index (χ1v) is 5.33. The highest BCUT2D eigenvalue weighted by atomic mass is 16.4. The van der Waals surface area contributed by atoms with Gasteiger partial charge in [0.2, 0.25) is 5.91 Å². The minimum Gasteiger partial charge on any atom is -0.480 e. The highest BCUT2D eigenvalue weighted by Gasteiger charge is 2.19. The monoisotopic (exact) mass is 236 g/mol. The number of hydrogen-bond donors (Lipinski definition) is 3. The van der Waals surface area contributed by atoms with Crippen molar-refractivity contribution in [3.05, 3.63) is 35.9 Å². The minimum atomic E-state index is -1.08. The van der Waals surface area contributed by atoms with Crippen LogP contribution in [0.5, 0.6) is 0 Å². The van der Waals surface area contributed by atoms with Crippen LogP contribution in [0.4, 0.5) is 0 Å². The van der Waals surface area contributed by atoms with E-state index in [1.165, 1.54) is 6.92 Å². The highest BCUT2D eigenvalue weighted by Crippen LogP contribution is 2.02. The Balaban J connectivity index is 2.50. The van der Waals surface area contributed by atoms with Crippen LogP contribution in [-0.2, 0) is 16.0 Å². The van der Waals surface area contributed by atoms with Crippen LogP contribution >= 0.6 is 0 Å². The molecule has 2 atom stereocenters. The molecule has 1 rings (SSSR count). The van der Waals surface area contributed by atoms with Gasteiger partial charge in [0.25, 0.3) is 0 Å². The number of carboxylic acids is 1. The second-order valence-electron chi connectivity index (χ2n) is 3.86. The first kappa shape index (κ1) is 13.2. The Morgan fingerprint density at radius 1 is 1.35 bits per heavy atom. The van der Waals surface area contributed by atoms with Crippen molar-refractivity contribution in [1.29, 1.82) is 0 Å². The number of aliphatic carboxylic acids is 1. The molecule has 92 valence electrons. The average Bonchev–Trinajstić information content (AvgIpc) is 2.29. The van der Waals surface area contributed by atoms with E-state index >= 15 is 0 Å². The van der Waals surface area contributed by atoms with E-state index in [1.54, 1.807) is 0 Å². The zero-order valence-corrected chi connectivity index (χ0v) is 9.59. The van der Waals surface area contributed by atoms with E-state index in [0.717, 1.165) is 5.56 Å². The first-order valence-electron chi connectivity index (χ1n) is 5.33. The van der Waals surface area contributed by atoms with Gasteiger partial charge in [-0.25, -0.2) is 0 Å². The number of nitrogens with two attached hydrogens (primary N) is 1. The summed E-state index contributed by atoms with van der Waals surface area (Å²) in [5.74, 6) is -1.53. The SMILES string of the molecule is C[C@H](NC(=O)[C@H](N)Cc1ccccc1)C(=O)O.